The number of rotatable bonds is 3. The normalized spacial score (nSPS) is 18.8. The lowest BCUT2D eigenvalue weighted by Gasteiger charge is -2.13. The molecule has 6 heteroatoms. The summed E-state index contributed by atoms with van der Waals surface area (Å²) in [6, 6.07) is 4.90. The first kappa shape index (κ1) is 14.2. The molecule has 102 valence electrons. The van der Waals surface area contributed by atoms with Gasteiger partial charge in [0, 0.05) is 25.2 Å². The van der Waals surface area contributed by atoms with Gasteiger partial charge in [0.15, 0.2) is 0 Å². The zero-order valence-corrected chi connectivity index (χ0v) is 12.0. The number of amides is 2. The number of nitrogens with one attached hydrogen (secondary N) is 1. The molecule has 0 bridgehead atoms. The van der Waals surface area contributed by atoms with E-state index in [1.54, 1.807) is 23.1 Å². The van der Waals surface area contributed by atoms with Crippen molar-refractivity contribution in [2.45, 2.75) is 13.3 Å². The number of hydrogen-bond donors (Lipinski definition) is 1. The van der Waals surface area contributed by atoms with Gasteiger partial charge < -0.3 is 10.2 Å². The summed E-state index contributed by atoms with van der Waals surface area (Å²) in [4.78, 5) is 25.3. The van der Waals surface area contributed by atoms with Crippen LogP contribution in [0, 0.1) is 5.92 Å². The monoisotopic (exact) mass is 300 g/mol. The first-order valence-corrected chi connectivity index (χ1v) is 6.80. The third kappa shape index (κ3) is 3.19. The van der Waals surface area contributed by atoms with Gasteiger partial charge in [0.1, 0.15) is 0 Å². The van der Waals surface area contributed by atoms with E-state index in [1.807, 2.05) is 6.92 Å². The van der Waals surface area contributed by atoms with Gasteiger partial charge in [-0.25, -0.2) is 0 Å². The van der Waals surface area contributed by atoms with E-state index < -0.39 is 0 Å². The molecule has 1 unspecified atom stereocenters. The van der Waals surface area contributed by atoms with E-state index in [1.165, 1.54) is 0 Å². The van der Waals surface area contributed by atoms with E-state index >= 15 is 0 Å². The second-order valence-electron chi connectivity index (χ2n) is 4.45. The maximum absolute atomic E-state index is 12.1. The molecule has 0 aliphatic carbocycles. The Morgan fingerprint density at radius 2 is 2.16 bits per heavy atom. The fraction of sp³-hybridized carbons (Fsp3) is 0.385. The zero-order valence-electron chi connectivity index (χ0n) is 10.5. The van der Waals surface area contributed by atoms with Gasteiger partial charge >= 0.3 is 0 Å². The Morgan fingerprint density at radius 3 is 2.74 bits per heavy atom. The predicted octanol–water partition coefficient (Wildman–Crippen LogP) is 2.80. The largest absolute Gasteiger partial charge is 0.342 e. The van der Waals surface area contributed by atoms with E-state index in [9.17, 15) is 9.59 Å². The molecule has 0 spiro atoms. The van der Waals surface area contributed by atoms with E-state index in [0.717, 1.165) is 0 Å². The second-order valence-corrected chi connectivity index (χ2v) is 5.27. The van der Waals surface area contributed by atoms with E-state index in [4.69, 9.17) is 23.2 Å². The summed E-state index contributed by atoms with van der Waals surface area (Å²) in [5.74, 6) is -0.443. The van der Waals surface area contributed by atoms with Gasteiger partial charge in [0.2, 0.25) is 11.8 Å². The highest BCUT2D eigenvalue weighted by Gasteiger charge is 2.33. The van der Waals surface area contributed by atoms with Gasteiger partial charge in [-0.2, -0.15) is 0 Å². The maximum atomic E-state index is 12.1. The molecule has 0 radical (unpaired) electrons. The van der Waals surface area contributed by atoms with Gasteiger partial charge in [-0.05, 0) is 25.1 Å². The van der Waals surface area contributed by atoms with Crippen LogP contribution in [-0.2, 0) is 9.59 Å². The highest BCUT2D eigenvalue weighted by atomic mass is 35.5. The van der Waals surface area contributed by atoms with Gasteiger partial charge in [-0.15, -0.1) is 0 Å². The molecule has 1 aromatic rings. The van der Waals surface area contributed by atoms with Crippen LogP contribution >= 0.6 is 23.2 Å². The topological polar surface area (TPSA) is 49.4 Å². The average molecular weight is 301 g/mol. The van der Waals surface area contributed by atoms with Crippen molar-refractivity contribution < 1.29 is 9.59 Å². The summed E-state index contributed by atoms with van der Waals surface area (Å²) >= 11 is 11.7. The predicted molar refractivity (Wildman–Crippen MR) is 75.5 cm³/mol. The van der Waals surface area contributed by atoms with Crippen LogP contribution in [0.15, 0.2) is 18.2 Å². The Hall–Kier alpha value is -1.26. The van der Waals surface area contributed by atoms with Gasteiger partial charge in [0.05, 0.1) is 16.0 Å². The molecule has 1 saturated heterocycles. The van der Waals surface area contributed by atoms with Crippen LogP contribution in [0.2, 0.25) is 10.0 Å². The van der Waals surface area contributed by atoms with Crippen molar-refractivity contribution in [2.75, 3.05) is 18.4 Å². The average Bonchev–Trinajstić information content (AvgIpc) is 2.75. The fourth-order valence-electron chi connectivity index (χ4n) is 2.07. The molecule has 4 nitrogen and oxygen atoms in total. The Labute approximate surface area is 121 Å². The molecule has 1 atom stereocenters. The Morgan fingerprint density at radius 1 is 1.42 bits per heavy atom. The molecule has 1 aromatic carbocycles. The molecule has 19 heavy (non-hydrogen) atoms. The highest BCUT2D eigenvalue weighted by Crippen LogP contribution is 2.26. The molecule has 1 heterocycles. The van der Waals surface area contributed by atoms with Crippen LogP contribution in [-0.4, -0.2) is 29.8 Å². The minimum Gasteiger partial charge on any atom is -0.342 e. The van der Waals surface area contributed by atoms with Crippen molar-refractivity contribution in [2.24, 2.45) is 5.92 Å². The summed E-state index contributed by atoms with van der Waals surface area (Å²) in [6.45, 7) is 3.01. The van der Waals surface area contributed by atoms with E-state index in [2.05, 4.69) is 5.32 Å². The standard InChI is InChI=1S/C13H14Cl2N2O2/c1-2-17-7-8(5-12(17)18)13(19)16-9-3-4-10(14)11(15)6-9/h3-4,6,8H,2,5,7H2,1H3,(H,16,19). The van der Waals surface area contributed by atoms with Crippen molar-refractivity contribution >= 4 is 40.7 Å². The number of anilines is 1. The molecule has 1 aliphatic heterocycles. The van der Waals surface area contributed by atoms with Crippen LogP contribution in [0.25, 0.3) is 0 Å². The number of carbonyl (C=O) groups is 2. The van der Waals surface area contributed by atoms with Crippen LogP contribution in [0.1, 0.15) is 13.3 Å². The maximum Gasteiger partial charge on any atom is 0.229 e. The SMILES string of the molecule is CCN1CC(C(=O)Nc2ccc(Cl)c(Cl)c2)CC1=O. The number of nitrogens with zero attached hydrogens (tertiary/aromatic N) is 1. The number of hydrogen-bond acceptors (Lipinski definition) is 2. The van der Waals surface area contributed by atoms with Crippen molar-refractivity contribution in [3.8, 4) is 0 Å². The lowest BCUT2D eigenvalue weighted by Crippen LogP contribution is -2.28. The summed E-state index contributed by atoms with van der Waals surface area (Å²) in [5.41, 5.74) is 0.585. The molecule has 0 saturated carbocycles. The molecule has 1 fully saturated rings. The van der Waals surface area contributed by atoms with Crippen LogP contribution in [0.5, 0.6) is 0 Å². The molecule has 2 rings (SSSR count). The van der Waals surface area contributed by atoms with Crippen LogP contribution in [0.3, 0.4) is 0 Å². The van der Waals surface area contributed by atoms with Crippen molar-refractivity contribution in [1.29, 1.82) is 0 Å². The summed E-state index contributed by atoms with van der Waals surface area (Å²) in [5, 5.41) is 3.58. The minimum absolute atomic E-state index is 0.0248. The number of benzene rings is 1. The van der Waals surface area contributed by atoms with Crippen molar-refractivity contribution in [1.82, 2.24) is 4.90 Å². The Bertz CT molecular complexity index is 519. The molecular weight excluding hydrogens is 287 g/mol. The third-order valence-electron chi connectivity index (χ3n) is 3.15. The first-order chi connectivity index (χ1) is 9.01. The van der Waals surface area contributed by atoms with Gasteiger partial charge in [-0.1, -0.05) is 23.2 Å². The number of carbonyl (C=O) groups excluding carboxylic acids is 2. The number of likely N-dealkylation sites (tertiary alicyclic amines) is 1. The number of halogens is 2. The molecule has 0 aromatic heterocycles. The minimum atomic E-state index is -0.304. The summed E-state index contributed by atoms with van der Waals surface area (Å²) in [7, 11) is 0. The lowest BCUT2D eigenvalue weighted by atomic mass is 10.1. The van der Waals surface area contributed by atoms with Gasteiger partial charge in [-0.3, -0.25) is 9.59 Å². The Balaban J connectivity index is 2.02. The Kier molecular flexibility index (Phi) is 4.32. The fourth-order valence-corrected chi connectivity index (χ4v) is 2.37. The molecular formula is C13H14Cl2N2O2. The zero-order chi connectivity index (χ0) is 14.0. The third-order valence-corrected chi connectivity index (χ3v) is 3.89. The van der Waals surface area contributed by atoms with E-state index in [0.29, 0.717) is 28.8 Å². The quantitative estimate of drug-likeness (QED) is 0.933. The first-order valence-electron chi connectivity index (χ1n) is 6.05. The van der Waals surface area contributed by atoms with Crippen molar-refractivity contribution in [3.05, 3.63) is 28.2 Å². The van der Waals surface area contributed by atoms with E-state index in [-0.39, 0.29) is 24.2 Å². The molecule has 1 N–H and O–H groups in total. The smallest absolute Gasteiger partial charge is 0.229 e. The molecule has 1 aliphatic rings. The molecule has 2 amide bonds. The van der Waals surface area contributed by atoms with Crippen LogP contribution < -0.4 is 5.32 Å². The highest BCUT2D eigenvalue weighted by molar-refractivity contribution is 6.42. The summed E-state index contributed by atoms with van der Waals surface area (Å²) < 4.78 is 0. The van der Waals surface area contributed by atoms with Gasteiger partial charge in [0.25, 0.3) is 0 Å². The lowest BCUT2D eigenvalue weighted by molar-refractivity contribution is -0.128. The summed E-state index contributed by atoms with van der Waals surface area (Å²) in [6.07, 6.45) is 0.265. The van der Waals surface area contributed by atoms with Crippen molar-refractivity contribution in [3.63, 3.8) is 0 Å². The van der Waals surface area contributed by atoms with Crippen LogP contribution in [0.4, 0.5) is 5.69 Å². The second kappa shape index (κ2) is 5.80.